The third-order valence-corrected chi connectivity index (χ3v) is 5.53. The van der Waals surface area contributed by atoms with E-state index in [1.54, 1.807) is 35.8 Å². The molecule has 0 saturated heterocycles. The van der Waals surface area contributed by atoms with E-state index in [-0.39, 0.29) is 17.9 Å². The molecule has 2 amide bonds. The number of hydrogen-bond donors (Lipinski definition) is 1. The molecule has 0 spiro atoms. The van der Waals surface area contributed by atoms with Crippen molar-refractivity contribution in [2.24, 2.45) is 0 Å². The third-order valence-electron chi connectivity index (χ3n) is 4.79. The largest absolute Gasteiger partial charge is 0.409 e. The number of thioether (sulfide) groups is 1. The fourth-order valence-corrected chi connectivity index (χ4v) is 3.81. The summed E-state index contributed by atoms with van der Waals surface area (Å²) in [7, 11) is 1.68. The topological polar surface area (TPSA) is 52.7 Å². The summed E-state index contributed by atoms with van der Waals surface area (Å²) in [6.07, 6.45) is -3.62. The van der Waals surface area contributed by atoms with E-state index in [0.29, 0.717) is 11.4 Å². The normalized spacial score (nSPS) is 16.8. The van der Waals surface area contributed by atoms with Crippen LogP contribution in [0.3, 0.4) is 0 Å². The van der Waals surface area contributed by atoms with Crippen LogP contribution in [-0.4, -0.2) is 48.8 Å². The fraction of sp³-hybridized carbons (Fsp3) is 0.333. The zero-order valence-electron chi connectivity index (χ0n) is 16.6. The maximum absolute atomic E-state index is 13.8. The molecule has 1 atom stereocenters. The van der Waals surface area contributed by atoms with E-state index >= 15 is 0 Å². The Bertz CT molecular complexity index is 918. The van der Waals surface area contributed by atoms with Crippen LogP contribution in [0.1, 0.15) is 12.0 Å². The first kappa shape index (κ1) is 22.2. The summed E-state index contributed by atoms with van der Waals surface area (Å²) in [5.74, 6) is -1.49. The van der Waals surface area contributed by atoms with Crippen molar-refractivity contribution in [3.63, 3.8) is 0 Å². The lowest BCUT2D eigenvalue weighted by Gasteiger charge is -2.33. The van der Waals surface area contributed by atoms with Crippen molar-refractivity contribution >= 4 is 35.0 Å². The summed E-state index contributed by atoms with van der Waals surface area (Å²) in [5.41, 5.74) is 1.19. The zero-order valence-corrected chi connectivity index (χ0v) is 17.4. The molecule has 1 heterocycles. The number of alkyl halides is 3. The molecule has 0 saturated carbocycles. The van der Waals surface area contributed by atoms with Gasteiger partial charge in [-0.15, -0.1) is 11.8 Å². The second-order valence-electron chi connectivity index (χ2n) is 7.11. The Kier molecular flexibility index (Phi) is 6.72. The number of nitrogens with one attached hydrogen (secondary N) is 1. The van der Waals surface area contributed by atoms with Gasteiger partial charge in [-0.05, 0) is 43.1 Å². The molecule has 2 aromatic carbocycles. The Balaban J connectivity index is 1.84. The SMILES string of the molecule is CSc1ccc(CN(C)CC(=O)N2c3ccccc3NC(=O)C[C@@H]2C(F)(F)F)cc1. The Morgan fingerprint density at radius 1 is 1.20 bits per heavy atom. The van der Waals surface area contributed by atoms with Crippen molar-refractivity contribution in [1.29, 1.82) is 0 Å². The minimum atomic E-state index is -4.74. The second-order valence-corrected chi connectivity index (χ2v) is 7.99. The van der Waals surface area contributed by atoms with Gasteiger partial charge in [-0.2, -0.15) is 13.2 Å². The average Bonchev–Trinajstić information content (AvgIpc) is 2.84. The number of benzene rings is 2. The van der Waals surface area contributed by atoms with E-state index in [4.69, 9.17) is 0 Å². The van der Waals surface area contributed by atoms with E-state index in [0.717, 1.165) is 10.5 Å². The molecule has 160 valence electrons. The predicted molar refractivity (Wildman–Crippen MR) is 112 cm³/mol. The van der Waals surface area contributed by atoms with Gasteiger partial charge in [0.2, 0.25) is 11.8 Å². The highest BCUT2D eigenvalue weighted by molar-refractivity contribution is 7.98. The highest BCUT2D eigenvalue weighted by Crippen LogP contribution is 2.37. The molecule has 0 unspecified atom stereocenters. The lowest BCUT2D eigenvalue weighted by Crippen LogP contribution is -2.52. The van der Waals surface area contributed by atoms with Gasteiger partial charge < -0.3 is 5.32 Å². The molecule has 1 N–H and O–H groups in total. The number of nitrogens with zero attached hydrogens (tertiary/aromatic N) is 2. The lowest BCUT2D eigenvalue weighted by atomic mass is 10.1. The molecule has 9 heteroatoms. The van der Waals surface area contributed by atoms with Gasteiger partial charge in [0.05, 0.1) is 24.3 Å². The van der Waals surface area contributed by atoms with Crippen LogP contribution in [0.5, 0.6) is 0 Å². The Morgan fingerprint density at radius 2 is 1.87 bits per heavy atom. The number of para-hydroxylation sites is 2. The van der Waals surface area contributed by atoms with Gasteiger partial charge in [0.1, 0.15) is 6.04 Å². The van der Waals surface area contributed by atoms with Crippen LogP contribution < -0.4 is 10.2 Å². The van der Waals surface area contributed by atoms with Crippen molar-refractivity contribution in [1.82, 2.24) is 4.90 Å². The van der Waals surface area contributed by atoms with Crippen molar-refractivity contribution in [3.05, 3.63) is 54.1 Å². The van der Waals surface area contributed by atoms with Gasteiger partial charge in [-0.1, -0.05) is 24.3 Å². The van der Waals surface area contributed by atoms with Crippen molar-refractivity contribution < 1.29 is 22.8 Å². The van der Waals surface area contributed by atoms with E-state index in [1.165, 1.54) is 12.1 Å². The highest BCUT2D eigenvalue weighted by atomic mass is 32.2. The molecule has 0 bridgehead atoms. The number of fused-ring (bicyclic) bond motifs is 1. The van der Waals surface area contributed by atoms with E-state index in [2.05, 4.69) is 5.32 Å². The van der Waals surface area contributed by atoms with Gasteiger partial charge in [0.15, 0.2) is 0 Å². The molecule has 0 aliphatic carbocycles. The molecule has 30 heavy (non-hydrogen) atoms. The second kappa shape index (κ2) is 9.09. The van der Waals surface area contributed by atoms with Crippen LogP contribution in [-0.2, 0) is 16.1 Å². The van der Waals surface area contributed by atoms with Crippen LogP contribution in [0.15, 0.2) is 53.4 Å². The molecule has 0 radical (unpaired) electrons. The van der Waals surface area contributed by atoms with Crippen LogP contribution >= 0.6 is 11.8 Å². The summed E-state index contributed by atoms with van der Waals surface area (Å²) in [6, 6.07) is 11.6. The standard InChI is InChI=1S/C21H22F3N3O2S/c1-26(12-14-7-9-15(30-2)10-8-14)13-20(29)27-17-6-4-3-5-16(17)25-19(28)11-18(27)21(22,23)24/h3-10,18H,11-13H2,1-2H3,(H,25,28)/t18-/m1/s1. The first-order chi connectivity index (χ1) is 14.2. The van der Waals surface area contributed by atoms with Crippen molar-refractivity contribution in [2.75, 3.05) is 30.1 Å². The molecule has 2 aromatic rings. The Morgan fingerprint density at radius 3 is 2.50 bits per heavy atom. The van der Waals surface area contributed by atoms with Crippen LogP contribution in [0.2, 0.25) is 0 Å². The predicted octanol–water partition coefficient (Wildman–Crippen LogP) is 4.15. The summed E-state index contributed by atoms with van der Waals surface area (Å²) in [6.45, 7) is 0.184. The number of anilines is 2. The number of hydrogen-bond acceptors (Lipinski definition) is 4. The molecule has 5 nitrogen and oxygen atoms in total. The quantitative estimate of drug-likeness (QED) is 0.715. The third kappa shape index (κ3) is 5.14. The maximum atomic E-state index is 13.8. The molecule has 1 aliphatic rings. The fourth-order valence-electron chi connectivity index (χ4n) is 3.40. The highest BCUT2D eigenvalue weighted by Gasteiger charge is 2.49. The molecular weight excluding hydrogens is 415 g/mol. The maximum Gasteiger partial charge on any atom is 0.409 e. The molecular formula is C21H22F3N3O2S. The van der Waals surface area contributed by atoms with Gasteiger partial charge in [0.25, 0.3) is 0 Å². The Labute approximate surface area is 177 Å². The number of likely N-dealkylation sites (N-methyl/N-ethyl adjacent to an activating group) is 1. The number of amides is 2. The summed E-state index contributed by atoms with van der Waals surface area (Å²) < 4.78 is 41.3. The average molecular weight is 437 g/mol. The van der Waals surface area contributed by atoms with Gasteiger partial charge in [-0.25, -0.2) is 0 Å². The first-order valence-corrected chi connectivity index (χ1v) is 10.5. The lowest BCUT2D eigenvalue weighted by molar-refractivity contribution is -0.158. The van der Waals surface area contributed by atoms with Crippen molar-refractivity contribution in [3.8, 4) is 0 Å². The monoisotopic (exact) mass is 437 g/mol. The van der Waals surface area contributed by atoms with Gasteiger partial charge in [0, 0.05) is 11.4 Å². The minimum absolute atomic E-state index is 0.0494. The molecule has 1 aliphatic heterocycles. The number of rotatable bonds is 5. The minimum Gasteiger partial charge on any atom is -0.324 e. The van der Waals surface area contributed by atoms with Crippen molar-refractivity contribution in [2.45, 2.75) is 30.1 Å². The van der Waals surface area contributed by atoms with E-state index in [1.807, 2.05) is 30.5 Å². The molecule has 0 fully saturated rings. The van der Waals surface area contributed by atoms with Crippen LogP contribution in [0, 0.1) is 0 Å². The zero-order chi connectivity index (χ0) is 21.9. The van der Waals surface area contributed by atoms with Gasteiger partial charge >= 0.3 is 6.18 Å². The molecule has 0 aromatic heterocycles. The van der Waals surface area contributed by atoms with Crippen LogP contribution in [0.25, 0.3) is 0 Å². The Hall–Kier alpha value is -2.52. The summed E-state index contributed by atoms with van der Waals surface area (Å²) >= 11 is 1.61. The number of halogens is 3. The molecule has 3 rings (SSSR count). The van der Waals surface area contributed by atoms with Gasteiger partial charge in [-0.3, -0.25) is 19.4 Å². The summed E-state index contributed by atoms with van der Waals surface area (Å²) in [5, 5.41) is 2.46. The smallest absolute Gasteiger partial charge is 0.324 e. The van der Waals surface area contributed by atoms with Crippen LogP contribution in [0.4, 0.5) is 24.5 Å². The summed E-state index contributed by atoms with van der Waals surface area (Å²) in [4.78, 5) is 28.5. The van der Waals surface area contributed by atoms with E-state index < -0.39 is 30.5 Å². The first-order valence-electron chi connectivity index (χ1n) is 9.28. The number of carbonyl (C=O) groups is 2. The number of carbonyl (C=O) groups excluding carboxylic acids is 2. The van der Waals surface area contributed by atoms with E-state index in [9.17, 15) is 22.8 Å².